The summed E-state index contributed by atoms with van der Waals surface area (Å²) in [7, 11) is 0. The SMILES string of the molecule is Cc1nc(CCC(=O)N2CCCC2)sc1C. The van der Waals surface area contributed by atoms with Crippen molar-refractivity contribution >= 4 is 17.2 Å². The van der Waals surface area contributed by atoms with Gasteiger partial charge in [-0.3, -0.25) is 4.79 Å². The number of hydrogen-bond acceptors (Lipinski definition) is 3. The molecular formula is C12H18N2OS. The second-order valence-corrected chi connectivity index (χ2v) is 5.62. The second kappa shape index (κ2) is 4.95. The van der Waals surface area contributed by atoms with E-state index >= 15 is 0 Å². The van der Waals surface area contributed by atoms with Gasteiger partial charge in [0.1, 0.15) is 0 Å². The lowest BCUT2D eigenvalue weighted by Gasteiger charge is -2.14. The topological polar surface area (TPSA) is 33.2 Å². The molecule has 88 valence electrons. The van der Waals surface area contributed by atoms with Crippen molar-refractivity contribution in [3.63, 3.8) is 0 Å². The van der Waals surface area contributed by atoms with Crippen LogP contribution in [0.1, 0.15) is 34.8 Å². The minimum atomic E-state index is 0.294. The molecule has 2 heterocycles. The van der Waals surface area contributed by atoms with Crippen molar-refractivity contribution in [2.24, 2.45) is 0 Å². The van der Waals surface area contributed by atoms with Gasteiger partial charge in [0.25, 0.3) is 0 Å². The van der Waals surface area contributed by atoms with Gasteiger partial charge >= 0.3 is 0 Å². The van der Waals surface area contributed by atoms with Crippen molar-refractivity contribution in [2.75, 3.05) is 13.1 Å². The van der Waals surface area contributed by atoms with Crippen molar-refractivity contribution in [3.05, 3.63) is 15.6 Å². The maximum absolute atomic E-state index is 11.8. The molecule has 1 fully saturated rings. The first-order valence-corrected chi connectivity index (χ1v) is 6.69. The quantitative estimate of drug-likeness (QED) is 0.809. The maximum atomic E-state index is 11.8. The molecule has 2 rings (SSSR count). The van der Waals surface area contributed by atoms with Crippen LogP contribution in [0.2, 0.25) is 0 Å². The summed E-state index contributed by atoms with van der Waals surface area (Å²) in [5.74, 6) is 0.294. The van der Waals surface area contributed by atoms with Crippen LogP contribution in [0, 0.1) is 13.8 Å². The maximum Gasteiger partial charge on any atom is 0.222 e. The van der Waals surface area contributed by atoms with Crippen molar-refractivity contribution in [2.45, 2.75) is 39.5 Å². The molecule has 0 aromatic carbocycles. The van der Waals surface area contributed by atoms with Crippen LogP contribution >= 0.6 is 11.3 Å². The largest absolute Gasteiger partial charge is 0.343 e. The minimum Gasteiger partial charge on any atom is -0.343 e. The van der Waals surface area contributed by atoms with Crippen LogP contribution in [0.3, 0.4) is 0 Å². The summed E-state index contributed by atoms with van der Waals surface area (Å²) in [5.41, 5.74) is 1.11. The fraction of sp³-hybridized carbons (Fsp3) is 0.667. The minimum absolute atomic E-state index is 0.294. The zero-order valence-electron chi connectivity index (χ0n) is 9.95. The molecule has 1 amide bonds. The smallest absolute Gasteiger partial charge is 0.222 e. The molecule has 0 spiro atoms. The van der Waals surface area contributed by atoms with Gasteiger partial charge in [-0.15, -0.1) is 11.3 Å². The van der Waals surface area contributed by atoms with E-state index in [1.54, 1.807) is 11.3 Å². The first-order chi connectivity index (χ1) is 7.66. The molecule has 1 aliphatic heterocycles. The Labute approximate surface area is 100 Å². The number of aromatic nitrogens is 1. The number of carbonyl (C=O) groups excluding carboxylic acids is 1. The highest BCUT2D eigenvalue weighted by Gasteiger charge is 2.17. The highest BCUT2D eigenvalue weighted by molar-refractivity contribution is 7.11. The van der Waals surface area contributed by atoms with Gasteiger partial charge < -0.3 is 4.90 Å². The van der Waals surface area contributed by atoms with E-state index in [9.17, 15) is 4.79 Å². The predicted molar refractivity (Wildman–Crippen MR) is 65.7 cm³/mol. The Hall–Kier alpha value is -0.900. The summed E-state index contributed by atoms with van der Waals surface area (Å²) < 4.78 is 0. The van der Waals surface area contributed by atoms with Gasteiger partial charge in [0.15, 0.2) is 0 Å². The van der Waals surface area contributed by atoms with Crippen molar-refractivity contribution < 1.29 is 4.79 Å². The normalized spacial score (nSPS) is 15.8. The van der Waals surface area contributed by atoms with Crippen LogP contribution in [0.5, 0.6) is 0 Å². The number of hydrogen-bond donors (Lipinski definition) is 0. The zero-order chi connectivity index (χ0) is 11.5. The summed E-state index contributed by atoms with van der Waals surface area (Å²) in [6, 6.07) is 0. The summed E-state index contributed by atoms with van der Waals surface area (Å²) in [6.45, 7) is 6.01. The first-order valence-electron chi connectivity index (χ1n) is 5.87. The van der Waals surface area contributed by atoms with Gasteiger partial charge in [-0.05, 0) is 26.7 Å². The Kier molecular flexibility index (Phi) is 3.59. The lowest BCUT2D eigenvalue weighted by molar-refractivity contribution is -0.130. The Balaban J connectivity index is 1.84. The first kappa shape index (κ1) is 11.6. The fourth-order valence-corrected chi connectivity index (χ4v) is 2.92. The third-order valence-electron chi connectivity index (χ3n) is 3.08. The van der Waals surface area contributed by atoms with E-state index in [2.05, 4.69) is 11.9 Å². The van der Waals surface area contributed by atoms with E-state index < -0.39 is 0 Å². The van der Waals surface area contributed by atoms with Gasteiger partial charge in [-0.25, -0.2) is 4.98 Å². The van der Waals surface area contributed by atoms with Crippen LogP contribution in [0.4, 0.5) is 0 Å². The lowest BCUT2D eigenvalue weighted by atomic mass is 10.3. The lowest BCUT2D eigenvalue weighted by Crippen LogP contribution is -2.27. The van der Waals surface area contributed by atoms with Gasteiger partial charge in [0.05, 0.1) is 10.7 Å². The summed E-state index contributed by atoms with van der Waals surface area (Å²) in [5, 5.41) is 1.10. The average molecular weight is 238 g/mol. The number of carbonyl (C=O) groups is 1. The highest BCUT2D eigenvalue weighted by atomic mass is 32.1. The summed E-state index contributed by atoms with van der Waals surface area (Å²) in [4.78, 5) is 19.5. The van der Waals surface area contributed by atoms with Crippen LogP contribution in [0.15, 0.2) is 0 Å². The number of aryl methyl sites for hydroxylation is 3. The van der Waals surface area contributed by atoms with E-state index in [0.29, 0.717) is 12.3 Å². The predicted octanol–water partition coefficient (Wildman–Crippen LogP) is 2.31. The van der Waals surface area contributed by atoms with Crippen molar-refractivity contribution in [3.8, 4) is 0 Å². The van der Waals surface area contributed by atoms with Crippen LogP contribution in [-0.4, -0.2) is 28.9 Å². The monoisotopic (exact) mass is 238 g/mol. The molecule has 1 aliphatic rings. The van der Waals surface area contributed by atoms with Crippen molar-refractivity contribution in [1.29, 1.82) is 0 Å². The van der Waals surface area contributed by atoms with E-state index in [0.717, 1.165) is 30.2 Å². The Morgan fingerprint density at radius 1 is 1.38 bits per heavy atom. The fourth-order valence-electron chi connectivity index (χ4n) is 1.98. The third-order valence-corrected chi connectivity index (χ3v) is 4.22. The third kappa shape index (κ3) is 2.61. The number of likely N-dealkylation sites (tertiary alicyclic amines) is 1. The molecule has 0 saturated carbocycles. The van der Waals surface area contributed by atoms with Crippen molar-refractivity contribution in [1.82, 2.24) is 9.88 Å². The molecule has 4 heteroatoms. The molecule has 1 saturated heterocycles. The molecular weight excluding hydrogens is 220 g/mol. The standard InChI is InChI=1S/C12H18N2OS/c1-9-10(2)16-11(13-9)5-6-12(15)14-7-3-4-8-14/h3-8H2,1-2H3. The van der Waals surface area contributed by atoms with Crippen LogP contribution < -0.4 is 0 Å². The molecule has 0 unspecified atom stereocenters. The second-order valence-electron chi connectivity index (χ2n) is 4.34. The number of rotatable bonds is 3. The Bertz CT molecular complexity index is 361. The Morgan fingerprint density at radius 3 is 2.62 bits per heavy atom. The summed E-state index contributed by atoms with van der Waals surface area (Å²) >= 11 is 1.72. The average Bonchev–Trinajstić information content (AvgIpc) is 2.86. The highest BCUT2D eigenvalue weighted by Crippen LogP contribution is 2.18. The van der Waals surface area contributed by atoms with Gasteiger partial charge in [0.2, 0.25) is 5.91 Å². The molecule has 0 aliphatic carbocycles. The number of thiazole rings is 1. The van der Waals surface area contributed by atoms with E-state index in [4.69, 9.17) is 0 Å². The molecule has 0 atom stereocenters. The molecule has 0 bridgehead atoms. The molecule has 0 N–H and O–H groups in total. The van der Waals surface area contributed by atoms with E-state index in [1.807, 2.05) is 11.8 Å². The van der Waals surface area contributed by atoms with Gasteiger partial charge in [-0.1, -0.05) is 0 Å². The summed E-state index contributed by atoms with van der Waals surface area (Å²) in [6.07, 6.45) is 3.75. The number of amides is 1. The van der Waals surface area contributed by atoms with E-state index in [-0.39, 0.29) is 0 Å². The molecule has 16 heavy (non-hydrogen) atoms. The van der Waals surface area contributed by atoms with Gasteiger partial charge in [-0.2, -0.15) is 0 Å². The molecule has 1 aromatic rings. The van der Waals surface area contributed by atoms with E-state index in [1.165, 1.54) is 17.7 Å². The van der Waals surface area contributed by atoms with Gasteiger partial charge in [0, 0.05) is 30.8 Å². The van der Waals surface area contributed by atoms with Crippen LogP contribution in [0.25, 0.3) is 0 Å². The molecule has 0 radical (unpaired) electrons. The zero-order valence-corrected chi connectivity index (χ0v) is 10.8. The Morgan fingerprint density at radius 2 is 2.06 bits per heavy atom. The molecule has 3 nitrogen and oxygen atoms in total. The molecule has 1 aromatic heterocycles. The number of nitrogens with zero attached hydrogens (tertiary/aromatic N) is 2. The van der Waals surface area contributed by atoms with Crippen LogP contribution in [-0.2, 0) is 11.2 Å².